The van der Waals surface area contributed by atoms with Gasteiger partial charge in [0.2, 0.25) is 5.91 Å². The largest absolute Gasteiger partial charge is 0.355 e. The van der Waals surface area contributed by atoms with Crippen LogP contribution in [0.15, 0.2) is 48.5 Å². The van der Waals surface area contributed by atoms with Crippen molar-refractivity contribution in [2.45, 2.75) is 24.7 Å². The minimum atomic E-state index is -0.343. The Kier molecular flexibility index (Phi) is 4.42. The van der Waals surface area contributed by atoms with Crippen LogP contribution in [0.5, 0.6) is 0 Å². The average Bonchev–Trinajstić information content (AvgIpc) is 3.32. The zero-order chi connectivity index (χ0) is 15.6. The molecule has 0 spiro atoms. The minimum Gasteiger partial charge on any atom is -0.355 e. The molecule has 1 saturated carbocycles. The molecule has 2 aromatic carbocycles. The van der Waals surface area contributed by atoms with Gasteiger partial charge < -0.3 is 5.32 Å². The summed E-state index contributed by atoms with van der Waals surface area (Å²) in [7, 11) is 0. The van der Waals surface area contributed by atoms with Crippen LogP contribution in [0.25, 0.3) is 0 Å². The van der Waals surface area contributed by atoms with Gasteiger partial charge in [-0.25, -0.2) is 0 Å². The summed E-state index contributed by atoms with van der Waals surface area (Å²) in [5.41, 5.74) is 1.88. The van der Waals surface area contributed by atoms with Crippen molar-refractivity contribution in [2.75, 3.05) is 6.54 Å². The zero-order valence-corrected chi connectivity index (χ0v) is 13.6. The first-order chi connectivity index (χ1) is 10.6. The number of hydrogen-bond acceptors (Lipinski definition) is 1. The second-order valence-electron chi connectivity index (χ2n) is 5.72. The highest BCUT2D eigenvalue weighted by molar-refractivity contribution is 6.30. The summed E-state index contributed by atoms with van der Waals surface area (Å²) in [4.78, 5) is 12.5. The molecule has 0 radical (unpaired) electrons. The third-order valence-corrected chi connectivity index (χ3v) is 4.70. The molecule has 22 heavy (non-hydrogen) atoms. The van der Waals surface area contributed by atoms with Crippen LogP contribution in [0.1, 0.15) is 24.0 Å². The Morgan fingerprint density at radius 3 is 2.05 bits per heavy atom. The summed E-state index contributed by atoms with van der Waals surface area (Å²) in [5, 5.41) is 4.48. The second-order valence-corrected chi connectivity index (χ2v) is 6.59. The second kappa shape index (κ2) is 6.31. The van der Waals surface area contributed by atoms with E-state index >= 15 is 0 Å². The van der Waals surface area contributed by atoms with Crippen molar-refractivity contribution < 1.29 is 4.79 Å². The maximum atomic E-state index is 12.5. The lowest BCUT2D eigenvalue weighted by atomic mass is 9.95. The predicted molar refractivity (Wildman–Crippen MR) is 90.5 cm³/mol. The minimum absolute atomic E-state index is 0.115. The highest BCUT2D eigenvalue weighted by atomic mass is 35.5. The van der Waals surface area contributed by atoms with E-state index in [-0.39, 0.29) is 11.3 Å². The average molecular weight is 334 g/mol. The molecule has 0 aromatic heterocycles. The molecule has 1 aliphatic carbocycles. The van der Waals surface area contributed by atoms with Crippen molar-refractivity contribution in [3.8, 4) is 0 Å². The third-order valence-electron chi connectivity index (χ3n) is 4.19. The number of rotatable bonds is 5. The van der Waals surface area contributed by atoms with Crippen LogP contribution in [-0.2, 0) is 16.6 Å². The van der Waals surface area contributed by atoms with Gasteiger partial charge in [0.15, 0.2) is 0 Å². The summed E-state index contributed by atoms with van der Waals surface area (Å²) in [6.45, 7) is 0.635. The van der Waals surface area contributed by atoms with Gasteiger partial charge in [0.05, 0.1) is 5.41 Å². The molecular formula is C18H17Cl2NO. The lowest BCUT2D eigenvalue weighted by Crippen LogP contribution is -2.35. The van der Waals surface area contributed by atoms with Crippen molar-refractivity contribution in [3.05, 3.63) is 69.7 Å². The number of hydrogen-bond donors (Lipinski definition) is 1. The normalized spacial score (nSPS) is 15.4. The van der Waals surface area contributed by atoms with Crippen molar-refractivity contribution in [1.82, 2.24) is 5.32 Å². The van der Waals surface area contributed by atoms with Crippen LogP contribution in [0.3, 0.4) is 0 Å². The molecule has 1 fully saturated rings. The van der Waals surface area contributed by atoms with E-state index in [1.807, 2.05) is 48.5 Å². The van der Waals surface area contributed by atoms with Gasteiger partial charge in [-0.2, -0.15) is 0 Å². The quantitative estimate of drug-likeness (QED) is 0.864. The number of amides is 1. The van der Waals surface area contributed by atoms with Gasteiger partial charge in [-0.05, 0) is 54.7 Å². The number of nitrogens with one attached hydrogen (secondary N) is 1. The third kappa shape index (κ3) is 3.29. The lowest BCUT2D eigenvalue weighted by Gasteiger charge is -2.16. The van der Waals surface area contributed by atoms with Crippen LogP contribution in [0.4, 0.5) is 0 Å². The van der Waals surface area contributed by atoms with Crippen LogP contribution < -0.4 is 5.32 Å². The van der Waals surface area contributed by atoms with Crippen molar-refractivity contribution >= 4 is 29.1 Å². The molecule has 0 bridgehead atoms. The molecule has 2 aromatic rings. The van der Waals surface area contributed by atoms with Gasteiger partial charge in [0, 0.05) is 16.6 Å². The first-order valence-corrected chi connectivity index (χ1v) is 8.14. The van der Waals surface area contributed by atoms with Gasteiger partial charge in [0.25, 0.3) is 0 Å². The maximum Gasteiger partial charge on any atom is 0.230 e. The molecule has 114 valence electrons. The molecule has 3 rings (SSSR count). The molecule has 0 unspecified atom stereocenters. The highest BCUT2D eigenvalue weighted by Crippen LogP contribution is 2.48. The van der Waals surface area contributed by atoms with Crippen LogP contribution in [0, 0.1) is 0 Å². The number of carbonyl (C=O) groups is 1. The molecule has 0 atom stereocenters. The molecule has 1 amide bonds. The van der Waals surface area contributed by atoms with E-state index < -0.39 is 0 Å². The molecule has 0 saturated heterocycles. The Labute approximate surface area is 140 Å². The van der Waals surface area contributed by atoms with Crippen LogP contribution in [0.2, 0.25) is 10.0 Å². The predicted octanol–water partition coefficient (Wildman–Crippen LogP) is 4.38. The Morgan fingerprint density at radius 2 is 1.50 bits per heavy atom. The Hall–Kier alpha value is -1.51. The van der Waals surface area contributed by atoms with Crippen molar-refractivity contribution in [1.29, 1.82) is 0 Å². The molecule has 1 N–H and O–H groups in total. The molecular weight excluding hydrogens is 317 g/mol. The zero-order valence-electron chi connectivity index (χ0n) is 12.1. The number of benzene rings is 2. The number of halogens is 2. The summed E-state index contributed by atoms with van der Waals surface area (Å²) in [6.07, 6.45) is 2.61. The van der Waals surface area contributed by atoms with Gasteiger partial charge in [-0.3, -0.25) is 4.79 Å². The van der Waals surface area contributed by atoms with Gasteiger partial charge >= 0.3 is 0 Å². The van der Waals surface area contributed by atoms with E-state index in [2.05, 4.69) is 5.32 Å². The maximum absolute atomic E-state index is 12.5. The van der Waals surface area contributed by atoms with E-state index in [9.17, 15) is 4.79 Å². The Bertz CT molecular complexity index is 660. The topological polar surface area (TPSA) is 29.1 Å². The van der Waals surface area contributed by atoms with Gasteiger partial charge in [-0.1, -0.05) is 47.5 Å². The summed E-state index contributed by atoms with van der Waals surface area (Å²) in [6, 6.07) is 15.3. The molecule has 4 heteroatoms. The van der Waals surface area contributed by atoms with Crippen molar-refractivity contribution in [3.63, 3.8) is 0 Å². The van der Waals surface area contributed by atoms with E-state index in [1.54, 1.807) is 0 Å². The number of carbonyl (C=O) groups excluding carboxylic acids is 1. The van der Waals surface area contributed by atoms with E-state index in [0.29, 0.717) is 11.6 Å². The van der Waals surface area contributed by atoms with Crippen LogP contribution >= 0.6 is 23.2 Å². The fourth-order valence-corrected chi connectivity index (χ4v) is 2.93. The molecule has 2 nitrogen and oxygen atoms in total. The van der Waals surface area contributed by atoms with Gasteiger partial charge in [0.1, 0.15) is 0 Å². The summed E-state index contributed by atoms with van der Waals surface area (Å²) in [5.74, 6) is 0.115. The standard InChI is InChI=1S/C18H17Cl2NO/c19-15-5-1-13(2-6-15)9-12-21-17(22)18(10-11-18)14-3-7-16(20)8-4-14/h1-8H,9-12H2,(H,21,22). The van der Waals surface area contributed by atoms with E-state index in [0.717, 1.165) is 29.8 Å². The van der Waals surface area contributed by atoms with E-state index in [4.69, 9.17) is 23.2 Å². The molecule has 0 heterocycles. The van der Waals surface area contributed by atoms with Crippen molar-refractivity contribution in [2.24, 2.45) is 0 Å². The SMILES string of the molecule is O=C(NCCc1ccc(Cl)cc1)C1(c2ccc(Cl)cc2)CC1. The summed E-state index contributed by atoms with van der Waals surface area (Å²) >= 11 is 11.8. The highest BCUT2D eigenvalue weighted by Gasteiger charge is 2.50. The first kappa shape index (κ1) is 15.4. The Balaban J connectivity index is 1.57. The van der Waals surface area contributed by atoms with Gasteiger partial charge in [-0.15, -0.1) is 0 Å². The Morgan fingerprint density at radius 1 is 0.955 bits per heavy atom. The fraction of sp³-hybridized carbons (Fsp3) is 0.278. The fourth-order valence-electron chi connectivity index (χ4n) is 2.68. The monoisotopic (exact) mass is 333 g/mol. The smallest absolute Gasteiger partial charge is 0.230 e. The molecule has 0 aliphatic heterocycles. The first-order valence-electron chi connectivity index (χ1n) is 7.39. The van der Waals surface area contributed by atoms with E-state index in [1.165, 1.54) is 5.56 Å². The lowest BCUT2D eigenvalue weighted by molar-refractivity contribution is -0.123. The molecule has 1 aliphatic rings. The van der Waals surface area contributed by atoms with Crippen LogP contribution in [-0.4, -0.2) is 12.5 Å². The summed E-state index contributed by atoms with van der Waals surface area (Å²) < 4.78 is 0.